The standard InChI is InChI=1S/C27H32N2O2S/c1-31-25-15-6-5-12-22(25)20-28-23-13-7-17-29(27(23)21-10-3-2-4-11-21)18-8-14-24(30)26-16-9-19-32-26/h2-6,9-12,15-16,19,23,27-28H,7-8,13-14,17-18,20H2,1H3. The predicted octanol–water partition coefficient (Wildman–Crippen LogP) is 5.72. The second-order valence-electron chi connectivity index (χ2n) is 8.34. The molecule has 0 aliphatic carbocycles. The van der Waals surface area contributed by atoms with Crippen LogP contribution in [0.4, 0.5) is 0 Å². The first-order valence-corrected chi connectivity index (χ1v) is 12.3. The molecule has 5 heteroatoms. The number of nitrogens with zero attached hydrogens (tertiary/aromatic N) is 1. The summed E-state index contributed by atoms with van der Waals surface area (Å²) in [6.07, 6.45) is 3.79. The maximum Gasteiger partial charge on any atom is 0.172 e. The van der Waals surface area contributed by atoms with Gasteiger partial charge in [0.15, 0.2) is 5.78 Å². The molecule has 1 aliphatic heterocycles. The summed E-state index contributed by atoms with van der Waals surface area (Å²) in [5.41, 5.74) is 2.52. The van der Waals surface area contributed by atoms with Crippen LogP contribution in [0.2, 0.25) is 0 Å². The van der Waals surface area contributed by atoms with Crippen LogP contribution in [0.3, 0.4) is 0 Å². The minimum absolute atomic E-state index is 0.263. The highest BCUT2D eigenvalue weighted by Crippen LogP contribution is 2.32. The van der Waals surface area contributed by atoms with Gasteiger partial charge in [-0.2, -0.15) is 0 Å². The quantitative estimate of drug-likeness (QED) is 0.403. The Kier molecular flexibility index (Phi) is 8.10. The largest absolute Gasteiger partial charge is 0.496 e. The van der Waals surface area contributed by atoms with Crippen LogP contribution in [0.1, 0.15) is 52.5 Å². The molecule has 2 heterocycles. The second kappa shape index (κ2) is 11.4. The fourth-order valence-corrected chi connectivity index (χ4v) is 5.41. The van der Waals surface area contributed by atoms with Gasteiger partial charge in [-0.3, -0.25) is 9.69 Å². The van der Waals surface area contributed by atoms with Crippen LogP contribution in [0.25, 0.3) is 0 Å². The van der Waals surface area contributed by atoms with Crippen molar-refractivity contribution in [3.63, 3.8) is 0 Å². The number of methoxy groups -OCH3 is 1. The molecule has 4 nitrogen and oxygen atoms in total. The molecule has 0 radical (unpaired) electrons. The molecule has 168 valence electrons. The van der Waals surface area contributed by atoms with Gasteiger partial charge in [0.1, 0.15) is 5.75 Å². The molecule has 0 bridgehead atoms. The normalized spacial score (nSPS) is 19.0. The second-order valence-corrected chi connectivity index (χ2v) is 9.28. The molecule has 2 aromatic carbocycles. The number of piperidine rings is 1. The summed E-state index contributed by atoms with van der Waals surface area (Å²) in [4.78, 5) is 15.9. The summed E-state index contributed by atoms with van der Waals surface area (Å²) in [6, 6.07) is 23.5. The summed E-state index contributed by atoms with van der Waals surface area (Å²) >= 11 is 1.54. The number of carbonyl (C=O) groups excluding carboxylic acids is 1. The van der Waals surface area contributed by atoms with Crippen molar-refractivity contribution in [2.24, 2.45) is 0 Å². The van der Waals surface area contributed by atoms with Crippen molar-refractivity contribution in [1.29, 1.82) is 0 Å². The molecular weight excluding hydrogens is 416 g/mol. The topological polar surface area (TPSA) is 41.6 Å². The van der Waals surface area contributed by atoms with Crippen LogP contribution in [0, 0.1) is 0 Å². The number of Topliss-reactive ketones (excluding diaryl/α,β-unsaturated/α-hetero) is 1. The summed E-state index contributed by atoms with van der Waals surface area (Å²) in [5, 5.41) is 5.80. The van der Waals surface area contributed by atoms with E-state index in [1.807, 2.05) is 29.6 Å². The first-order valence-electron chi connectivity index (χ1n) is 11.5. The van der Waals surface area contributed by atoms with Gasteiger partial charge in [0.2, 0.25) is 0 Å². The third-order valence-corrected chi connectivity index (χ3v) is 7.18. The Balaban J connectivity index is 1.44. The first-order chi connectivity index (χ1) is 15.8. The molecule has 2 unspecified atom stereocenters. The Bertz CT molecular complexity index is 974. The minimum Gasteiger partial charge on any atom is -0.496 e. The van der Waals surface area contributed by atoms with Crippen molar-refractivity contribution in [2.45, 2.75) is 44.3 Å². The zero-order valence-electron chi connectivity index (χ0n) is 18.7. The van der Waals surface area contributed by atoms with Crippen LogP contribution >= 0.6 is 11.3 Å². The molecule has 1 N–H and O–H groups in total. The maximum atomic E-state index is 12.5. The van der Waals surface area contributed by atoms with Crippen molar-refractivity contribution >= 4 is 17.1 Å². The van der Waals surface area contributed by atoms with E-state index in [1.165, 1.54) is 22.5 Å². The predicted molar refractivity (Wildman–Crippen MR) is 131 cm³/mol. The number of rotatable bonds is 10. The highest BCUT2D eigenvalue weighted by Gasteiger charge is 2.32. The van der Waals surface area contributed by atoms with E-state index < -0.39 is 0 Å². The smallest absolute Gasteiger partial charge is 0.172 e. The minimum atomic E-state index is 0.263. The number of ether oxygens (including phenoxy) is 1. The third kappa shape index (κ3) is 5.66. The number of carbonyl (C=O) groups is 1. The SMILES string of the molecule is COc1ccccc1CNC1CCCN(CCCC(=O)c2cccs2)C1c1ccccc1. The lowest BCUT2D eigenvalue weighted by Gasteiger charge is -2.42. The molecule has 1 saturated heterocycles. The van der Waals surface area contributed by atoms with Crippen LogP contribution < -0.4 is 10.1 Å². The number of para-hydroxylation sites is 1. The Morgan fingerprint density at radius 1 is 1.09 bits per heavy atom. The lowest BCUT2D eigenvalue weighted by molar-refractivity contribution is 0.0932. The summed E-state index contributed by atoms with van der Waals surface area (Å²) in [6.45, 7) is 2.78. The van der Waals surface area contributed by atoms with E-state index in [4.69, 9.17) is 4.74 Å². The van der Waals surface area contributed by atoms with Crippen LogP contribution in [-0.4, -0.2) is 36.9 Å². The van der Waals surface area contributed by atoms with Gasteiger partial charge in [-0.15, -0.1) is 11.3 Å². The number of benzene rings is 2. The Morgan fingerprint density at radius 2 is 1.91 bits per heavy atom. The van der Waals surface area contributed by atoms with Gasteiger partial charge in [-0.05, 0) is 55.4 Å². The summed E-state index contributed by atoms with van der Waals surface area (Å²) < 4.78 is 5.54. The van der Waals surface area contributed by atoms with Gasteiger partial charge in [0.25, 0.3) is 0 Å². The van der Waals surface area contributed by atoms with Crippen molar-refractivity contribution in [3.05, 3.63) is 88.1 Å². The highest BCUT2D eigenvalue weighted by atomic mass is 32.1. The Morgan fingerprint density at radius 3 is 2.69 bits per heavy atom. The Hall–Kier alpha value is -2.47. The highest BCUT2D eigenvalue weighted by molar-refractivity contribution is 7.12. The molecule has 0 saturated carbocycles. The van der Waals surface area contributed by atoms with E-state index in [0.29, 0.717) is 18.5 Å². The molecule has 3 aromatic rings. The molecule has 1 aliphatic rings. The van der Waals surface area contributed by atoms with E-state index >= 15 is 0 Å². The number of nitrogens with one attached hydrogen (secondary N) is 1. The van der Waals surface area contributed by atoms with Crippen LogP contribution in [0.15, 0.2) is 72.1 Å². The molecule has 1 fully saturated rings. The van der Waals surface area contributed by atoms with Crippen molar-refractivity contribution in [3.8, 4) is 5.75 Å². The number of hydrogen-bond acceptors (Lipinski definition) is 5. The van der Waals surface area contributed by atoms with Crippen molar-refractivity contribution in [2.75, 3.05) is 20.2 Å². The third-order valence-electron chi connectivity index (χ3n) is 6.27. The van der Waals surface area contributed by atoms with E-state index in [9.17, 15) is 4.79 Å². The van der Waals surface area contributed by atoms with Gasteiger partial charge in [-0.1, -0.05) is 54.6 Å². The average molecular weight is 449 g/mol. The van der Waals surface area contributed by atoms with Gasteiger partial charge >= 0.3 is 0 Å². The lowest BCUT2D eigenvalue weighted by atomic mass is 9.89. The molecule has 32 heavy (non-hydrogen) atoms. The van der Waals surface area contributed by atoms with E-state index in [1.54, 1.807) is 7.11 Å². The number of hydrogen-bond donors (Lipinski definition) is 1. The van der Waals surface area contributed by atoms with Gasteiger partial charge < -0.3 is 10.1 Å². The fourth-order valence-electron chi connectivity index (χ4n) is 4.72. The van der Waals surface area contributed by atoms with E-state index in [2.05, 4.69) is 52.7 Å². The average Bonchev–Trinajstić information content (AvgIpc) is 3.39. The monoisotopic (exact) mass is 448 g/mol. The van der Waals surface area contributed by atoms with Crippen LogP contribution in [-0.2, 0) is 6.54 Å². The number of thiophene rings is 1. The fraction of sp³-hybridized carbons (Fsp3) is 0.370. The molecule has 4 rings (SSSR count). The lowest BCUT2D eigenvalue weighted by Crippen LogP contribution is -2.48. The molecule has 0 amide bonds. The molecule has 2 atom stereocenters. The molecule has 0 spiro atoms. The molecular formula is C27H32N2O2S. The van der Waals surface area contributed by atoms with Crippen LogP contribution in [0.5, 0.6) is 5.75 Å². The van der Waals surface area contributed by atoms with Gasteiger partial charge in [0.05, 0.1) is 18.0 Å². The first kappa shape index (κ1) is 22.7. The van der Waals surface area contributed by atoms with Crippen molar-refractivity contribution < 1.29 is 9.53 Å². The molecule has 1 aromatic heterocycles. The zero-order valence-corrected chi connectivity index (χ0v) is 19.5. The maximum absolute atomic E-state index is 12.5. The summed E-state index contributed by atoms with van der Waals surface area (Å²) in [7, 11) is 1.73. The zero-order chi connectivity index (χ0) is 22.2. The van der Waals surface area contributed by atoms with Crippen molar-refractivity contribution in [1.82, 2.24) is 10.2 Å². The number of likely N-dealkylation sites (tertiary alicyclic amines) is 1. The summed E-state index contributed by atoms with van der Waals surface area (Å²) in [5.74, 6) is 1.19. The van der Waals surface area contributed by atoms with E-state index in [0.717, 1.165) is 49.5 Å². The van der Waals surface area contributed by atoms with Gasteiger partial charge in [-0.25, -0.2) is 0 Å². The number of ketones is 1. The Labute approximate surface area is 195 Å². The van der Waals surface area contributed by atoms with E-state index in [-0.39, 0.29) is 5.78 Å². The van der Waals surface area contributed by atoms with Gasteiger partial charge in [0, 0.05) is 24.6 Å².